The lowest BCUT2D eigenvalue weighted by molar-refractivity contribution is -0.125. The topological polar surface area (TPSA) is 61.6 Å². The Morgan fingerprint density at radius 1 is 1.67 bits per heavy atom. The molecular formula is C8H17NO3. The second-order valence-electron chi connectivity index (χ2n) is 2.29. The molecule has 0 aromatic heterocycles. The lowest BCUT2D eigenvalue weighted by Gasteiger charge is -2.04. The molecule has 1 fully saturated rings. The van der Waals surface area contributed by atoms with Gasteiger partial charge in [0.05, 0.1) is 19.3 Å². The smallest absolute Gasteiger partial charge is 0.182 e. The molecule has 1 saturated heterocycles. The predicted molar refractivity (Wildman–Crippen MR) is 45.9 cm³/mol. The van der Waals surface area contributed by atoms with Crippen LogP contribution in [0, 0.1) is 0 Å². The summed E-state index contributed by atoms with van der Waals surface area (Å²) in [6, 6.07) is -0.444. The molecule has 0 radical (unpaired) electrons. The first kappa shape index (κ1) is 11.6. The van der Waals surface area contributed by atoms with E-state index >= 15 is 0 Å². The van der Waals surface area contributed by atoms with E-state index in [-0.39, 0.29) is 5.78 Å². The lowest BCUT2D eigenvalue weighted by atomic mass is 10.2. The molecule has 0 saturated carbocycles. The van der Waals surface area contributed by atoms with Gasteiger partial charge in [0.1, 0.15) is 6.10 Å². The predicted octanol–water partition coefficient (Wildman–Crippen LogP) is -0.0458. The van der Waals surface area contributed by atoms with Crippen LogP contribution in [0.1, 0.15) is 13.8 Å². The molecule has 1 rings (SSSR count). The summed E-state index contributed by atoms with van der Waals surface area (Å²) in [6.07, 6.45) is -0.431. The highest BCUT2D eigenvalue weighted by molar-refractivity contribution is 5.89. The van der Waals surface area contributed by atoms with Crippen molar-refractivity contribution in [1.29, 1.82) is 0 Å². The molecule has 0 spiro atoms. The van der Waals surface area contributed by atoms with E-state index < -0.39 is 12.1 Å². The molecule has 1 heterocycles. The molecule has 72 valence electrons. The van der Waals surface area contributed by atoms with Crippen LogP contribution in [0.25, 0.3) is 0 Å². The number of hydrogen-bond donors (Lipinski definition) is 1. The van der Waals surface area contributed by atoms with Crippen LogP contribution < -0.4 is 5.73 Å². The van der Waals surface area contributed by atoms with Gasteiger partial charge in [-0.05, 0) is 0 Å². The Morgan fingerprint density at radius 3 is 2.58 bits per heavy atom. The van der Waals surface area contributed by atoms with Gasteiger partial charge >= 0.3 is 0 Å². The summed E-state index contributed by atoms with van der Waals surface area (Å²) in [6.45, 7) is 4.64. The maximum atomic E-state index is 11.0. The molecule has 4 nitrogen and oxygen atoms in total. The number of rotatable bonds is 2. The van der Waals surface area contributed by atoms with Crippen molar-refractivity contribution >= 4 is 5.78 Å². The van der Waals surface area contributed by atoms with Crippen LogP contribution in [0.2, 0.25) is 0 Å². The van der Waals surface area contributed by atoms with Gasteiger partial charge in [-0.3, -0.25) is 4.79 Å². The first-order chi connectivity index (χ1) is 5.75. The van der Waals surface area contributed by atoms with Crippen LogP contribution in [0.3, 0.4) is 0 Å². The van der Waals surface area contributed by atoms with Gasteiger partial charge in [0.25, 0.3) is 0 Å². The van der Waals surface area contributed by atoms with Crippen molar-refractivity contribution in [2.45, 2.75) is 26.0 Å². The first-order valence-corrected chi connectivity index (χ1v) is 4.15. The molecule has 2 unspecified atom stereocenters. The summed E-state index contributed by atoms with van der Waals surface area (Å²) in [4.78, 5) is 11.0. The molecule has 1 aliphatic rings. The number of nitrogens with two attached hydrogens (primary N) is 1. The number of hydrogen-bond acceptors (Lipinski definition) is 4. The number of ketones is 1. The third-order valence-electron chi connectivity index (χ3n) is 1.48. The molecule has 0 aromatic carbocycles. The van der Waals surface area contributed by atoms with Crippen molar-refractivity contribution in [1.82, 2.24) is 0 Å². The van der Waals surface area contributed by atoms with Crippen LogP contribution in [0.15, 0.2) is 0 Å². The molecule has 2 N–H and O–H groups in total. The zero-order chi connectivity index (χ0) is 9.56. The van der Waals surface area contributed by atoms with E-state index in [9.17, 15) is 4.79 Å². The minimum Gasteiger partial charge on any atom is -0.382 e. The number of methoxy groups -OCH3 is 1. The zero-order valence-corrected chi connectivity index (χ0v) is 7.87. The van der Waals surface area contributed by atoms with E-state index in [1.807, 2.05) is 13.8 Å². The van der Waals surface area contributed by atoms with Gasteiger partial charge in [-0.15, -0.1) is 0 Å². The van der Waals surface area contributed by atoms with Crippen molar-refractivity contribution in [3.63, 3.8) is 0 Å². The molecular weight excluding hydrogens is 158 g/mol. The highest BCUT2D eigenvalue weighted by atomic mass is 16.5. The third kappa shape index (κ3) is 2.89. The van der Waals surface area contributed by atoms with Crippen LogP contribution in [-0.4, -0.2) is 38.3 Å². The van der Waals surface area contributed by atoms with Crippen molar-refractivity contribution in [2.75, 3.05) is 20.3 Å². The first-order valence-electron chi connectivity index (χ1n) is 4.15. The average molecular weight is 175 g/mol. The standard InChI is InChI=1S/C6H11NO3.C2H6/c1-9-3-5-6(8)4(7)2-10-5;1-2/h4-5H,2-3,7H2,1H3;1-2H3. The Balaban J connectivity index is 0.000000561. The summed E-state index contributed by atoms with van der Waals surface area (Å²) in [5.41, 5.74) is 5.37. The zero-order valence-electron chi connectivity index (χ0n) is 7.87. The van der Waals surface area contributed by atoms with Crippen molar-refractivity contribution in [3.05, 3.63) is 0 Å². The minimum atomic E-state index is -0.444. The van der Waals surface area contributed by atoms with Crippen LogP contribution in [0.5, 0.6) is 0 Å². The quantitative estimate of drug-likeness (QED) is 0.639. The van der Waals surface area contributed by atoms with Crippen molar-refractivity contribution in [3.8, 4) is 0 Å². The van der Waals surface area contributed by atoms with Gasteiger partial charge in [-0.2, -0.15) is 0 Å². The number of carbonyl (C=O) groups is 1. The molecule has 1 aliphatic heterocycles. The molecule has 2 atom stereocenters. The molecule has 12 heavy (non-hydrogen) atoms. The summed E-state index contributed by atoms with van der Waals surface area (Å²) in [5, 5.41) is 0. The SMILES string of the molecule is CC.COCC1OCC(N)C1=O. The van der Waals surface area contributed by atoms with Gasteiger partial charge in [0.2, 0.25) is 0 Å². The highest BCUT2D eigenvalue weighted by Gasteiger charge is 2.32. The van der Waals surface area contributed by atoms with Crippen molar-refractivity contribution < 1.29 is 14.3 Å². The third-order valence-corrected chi connectivity index (χ3v) is 1.48. The fraction of sp³-hybridized carbons (Fsp3) is 0.875. The highest BCUT2D eigenvalue weighted by Crippen LogP contribution is 2.06. The Morgan fingerprint density at radius 2 is 2.25 bits per heavy atom. The molecule has 0 aromatic rings. The summed E-state index contributed by atoms with van der Waals surface area (Å²) in [7, 11) is 1.53. The Kier molecular flexibility index (Phi) is 5.88. The fourth-order valence-electron chi connectivity index (χ4n) is 0.904. The van der Waals surface area contributed by atoms with E-state index in [1.165, 1.54) is 7.11 Å². The van der Waals surface area contributed by atoms with Crippen LogP contribution in [-0.2, 0) is 14.3 Å². The van der Waals surface area contributed by atoms with E-state index in [0.717, 1.165) is 0 Å². The number of carbonyl (C=O) groups excluding carboxylic acids is 1. The van der Waals surface area contributed by atoms with Gasteiger partial charge < -0.3 is 15.2 Å². The van der Waals surface area contributed by atoms with Crippen LogP contribution >= 0.6 is 0 Å². The number of Topliss-reactive ketones (excluding diaryl/α,β-unsaturated/α-hetero) is 1. The normalized spacial score (nSPS) is 28.2. The number of ether oxygens (including phenoxy) is 2. The van der Waals surface area contributed by atoms with Crippen molar-refractivity contribution in [2.24, 2.45) is 5.73 Å². The van der Waals surface area contributed by atoms with Gasteiger partial charge in [0, 0.05) is 7.11 Å². The van der Waals surface area contributed by atoms with E-state index in [4.69, 9.17) is 15.2 Å². The monoisotopic (exact) mass is 175 g/mol. The minimum absolute atomic E-state index is 0.0538. The Bertz CT molecular complexity index is 136. The second-order valence-corrected chi connectivity index (χ2v) is 2.29. The molecule has 0 bridgehead atoms. The summed E-state index contributed by atoms with van der Waals surface area (Å²) < 4.78 is 9.76. The van der Waals surface area contributed by atoms with E-state index in [1.54, 1.807) is 0 Å². The summed E-state index contributed by atoms with van der Waals surface area (Å²) in [5.74, 6) is -0.0538. The second kappa shape index (κ2) is 6.11. The lowest BCUT2D eigenvalue weighted by Crippen LogP contribution is -2.33. The largest absolute Gasteiger partial charge is 0.382 e. The maximum Gasteiger partial charge on any atom is 0.182 e. The van der Waals surface area contributed by atoms with Gasteiger partial charge in [0.15, 0.2) is 5.78 Å². The molecule has 4 heteroatoms. The fourth-order valence-corrected chi connectivity index (χ4v) is 0.904. The average Bonchev–Trinajstić information content (AvgIpc) is 2.41. The summed E-state index contributed by atoms with van der Waals surface area (Å²) >= 11 is 0. The Hall–Kier alpha value is -0.450. The van der Waals surface area contributed by atoms with Gasteiger partial charge in [-0.1, -0.05) is 13.8 Å². The Labute approximate surface area is 73.0 Å². The molecule has 0 amide bonds. The van der Waals surface area contributed by atoms with E-state index in [0.29, 0.717) is 13.2 Å². The molecule has 0 aliphatic carbocycles. The van der Waals surface area contributed by atoms with Crippen LogP contribution in [0.4, 0.5) is 0 Å². The maximum absolute atomic E-state index is 11.0. The van der Waals surface area contributed by atoms with E-state index in [2.05, 4.69) is 0 Å². The van der Waals surface area contributed by atoms with Gasteiger partial charge in [-0.25, -0.2) is 0 Å².